The molecule has 0 fully saturated rings. The Hall–Kier alpha value is -1.26. The minimum atomic E-state index is -0.618. The Morgan fingerprint density at radius 2 is 1.94 bits per heavy atom. The van der Waals surface area contributed by atoms with Crippen molar-refractivity contribution in [3.8, 4) is 5.75 Å². The van der Waals surface area contributed by atoms with E-state index in [0.29, 0.717) is 11.3 Å². The van der Waals surface area contributed by atoms with Crippen LogP contribution in [0.3, 0.4) is 0 Å². The van der Waals surface area contributed by atoms with Gasteiger partial charge in [0.2, 0.25) is 5.91 Å². The fourth-order valence-corrected chi connectivity index (χ4v) is 1.36. The second-order valence-corrected chi connectivity index (χ2v) is 4.95. The summed E-state index contributed by atoms with van der Waals surface area (Å²) in [6.07, 6.45) is 0. The first-order valence-corrected chi connectivity index (χ1v) is 5.60. The lowest BCUT2D eigenvalue weighted by molar-refractivity contribution is -0.123. The summed E-state index contributed by atoms with van der Waals surface area (Å²) in [7, 11) is 0. The highest BCUT2D eigenvalue weighted by atomic mass is 35.5. The Kier molecular flexibility index (Phi) is 5.64. The van der Waals surface area contributed by atoms with Gasteiger partial charge < -0.3 is 16.2 Å². The zero-order chi connectivity index (χ0) is 13.2. The van der Waals surface area contributed by atoms with Gasteiger partial charge in [-0.15, -0.1) is 12.4 Å². The van der Waals surface area contributed by atoms with Crippen molar-refractivity contribution < 1.29 is 9.90 Å². The monoisotopic (exact) mass is 272 g/mol. The number of carbonyl (C=O) groups is 1. The molecule has 102 valence electrons. The Labute approximate surface area is 114 Å². The van der Waals surface area contributed by atoms with Crippen LogP contribution in [0.2, 0.25) is 0 Å². The zero-order valence-electron chi connectivity index (χ0n) is 11.2. The molecule has 0 heterocycles. The van der Waals surface area contributed by atoms with Gasteiger partial charge in [-0.3, -0.25) is 4.79 Å². The van der Waals surface area contributed by atoms with Gasteiger partial charge in [-0.05, 0) is 39.3 Å². The van der Waals surface area contributed by atoms with Crippen LogP contribution in [-0.4, -0.2) is 17.6 Å². The van der Waals surface area contributed by atoms with Gasteiger partial charge >= 0.3 is 0 Å². The van der Waals surface area contributed by atoms with Crippen LogP contribution in [-0.2, 0) is 4.79 Å². The third kappa shape index (κ3) is 3.37. The SMILES string of the molecule is Cc1ccc(NC(=O)C(C)(C)CN)c(C)c1O.Cl. The lowest BCUT2D eigenvalue weighted by Crippen LogP contribution is -2.37. The smallest absolute Gasteiger partial charge is 0.231 e. The highest BCUT2D eigenvalue weighted by Crippen LogP contribution is 2.29. The van der Waals surface area contributed by atoms with E-state index >= 15 is 0 Å². The lowest BCUT2D eigenvalue weighted by Gasteiger charge is -2.22. The number of nitrogens with one attached hydrogen (secondary N) is 1. The van der Waals surface area contributed by atoms with E-state index in [2.05, 4.69) is 5.32 Å². The standard InChI is InChI=1S/C13H20N2O2.ClH/c1-8-5-6-10(9(2)11(8)16)15-12(17)13(3,4)7-14;/h5-6,16H,7,14H2,1-4H3,(H,15,17);1H. The Bertz CT molecular complexity index is 445. The minimum absolute atomic E-state index is 0. The van der Waals surface area contributed by atoms with E-state index in [4.69, 9.17) is 5.73 Å². The number of phenolic OH excluding ortho intramolecular Hbond substituents is 1. The molecule has 0 aromatic heterocycles. The summed E-state index contributed by atoms with van der Waals surface area (Å²) >= 11 is 0. The molecule has 1 rings (SSSR count). The van der Waals surface area contributed by atoms with Crippen LogP contribution in [0, 0.1) is 19.3 Å². The topological polar surface area (TPSA) is 75.4 Å². The summed E-state index contributed by atoms with van der Waals surface area (Å²) in [4.78, 5) is 11.9. The van der Waals surface area contributed by atoms with Crippen LogP contribution < -0.4 is 11.1 Å². The molecule has 0 saturated carbocycles. The number of hydrogen-bond acceptors (Lipinski definition) is 3. The molecule has 0 atom stereocenters. The molecule has 0 aliphatic rings. The molecule has 0 aliphatic carbocycles. The second-order valence-electron chi connectivity index (χ2n) is 4.95. The first kappa shape index (κ1) is 16.7. The number of hydrogen-bond donors (Lipinski definition) is 3. The van der Waals surface area contributed by atoms with Gasteiger partial charge in [-0.25, -0.2) is 0 Å². The van der Waals surface area contributed by atoms with Crippen molar-refractivity contribution in [2.24, 2.45) is 11.1 Å². The van der Waals surface area contributed by atoms with Crippen LogP contribution in [0.15, 0.2) is 12.1 Å². The first-order chi connectivity index (χ1) is 7.79. The molecule has 0 saturated heterocycles. The molecule has 0 aliphatic heterocycles. The minimum Gasteiger partial charge on any atom is -0.507 e. The third-order valence-corrected chi connectivity index (χ3v) is 3.01. The van der Waals surface area contributed by atoms with Gasteiger partial charge in [0.05, 0.1) is 5.41 Å². The summed E-state index contributed by atoms with van der Waals surface area (Å²) in [5.74, 6) is 0.0692. The molecule has 0 unspecified atom stereocenters. The van der Waals surface area contributed by atoms with Gasteiger partial charge in [0, 0.05) is 17.8 Å². The number of benzene rings is 1. The average Bonchev–Trinajstić information content (AvgIpc) is 2.29. The van der Waals surface area contributed by atoms with Gasteiger partial charge in [0.25, 0.3) is 0 Å². The van der Waals surface area contributed by atoms with Crippen molar-refractivity contribution in [3.05, 3.63) is 23.3 Å². The molecule has 18 heavy (non-hydrogen) atoms. The van der Waals surface area contributed by atoms with Crippen LogP contribution >= 0.6 is 12.4 Å². The van der Waals surface area contributed by atoms with Crippen LogP contribution in [0.1, 0.15) is 25.0 Å². The van der Waals surface area contributed by atoms with Gasteiger partial charge in [0.15, 0.2) is 0 Å². The van der Waals surface area contributed by atoms with Gasteiger partial charge in [-0.1, -0.05) is 6.07 Å². The largest absolute Gasteiger partial charge is 0.507 e. The number of aromatic hydroxyl groups is 1. The summed E-state index contributed by atoms with van der Waals surface area (Å²) in [5.41, 5.74) is 7.01. The lowest BCUT2D eigenvalue weighted by atomic mass is 9.92. The molecule has 4 N–H and O–H groups in total. The Morgan fingerprint density at radius 3 is 2.44 bits per heavy atom. The quantitative estimate of drug-likeness (QED) is 0.791. The van der Waals surface area contributed by atoms with Crippen LogP contribution in [0.5, 0.6) is 5.75 Å². The number of aryl methyl sites for hydroxylation is 1. The molecule has 0 radical (unpaired) electrons. The maximum atomic E-state index is 11.9. The number of phenols is 1. The fourth-order valence-electron chi connectivity index (χ4n) is 1.36. The normalized spacial score (nSPS) is 10.7. The van der Waals surface area contributed by atoms with E-state index in [1.54, 1.807) is 32.9 Å². The number of nitrogens with two attached hydrogens (primary N) is 1. The maximum absolute atomic E-state index is 11.9. The van der Waals surface area contributed by atoms with Crippen LogP contribution in [0.25, 0.3) is 0 Å². The molecule has 1 aromatic carbocycles. The number of amides is 1. The van der Waals surface area contributed by atoms with Crippen molar-refractivity contribution in [2.75, 3.05) is 11.9 Å². The molecule has 1 aromatic rings. The molecule has 5 heteroatoms. The van der Waals surface area contributed by atoms with Gasteiger partial charge in [-0.2, -0.15) is 0 Å². The van der Waals surface area contributed by atoms with Crippen molar-refractivity contribution in [2.45, 2.75) is 27.7 Å². The fraction of sp³-hybridized carbons (Fsp3) is 0.462. The first-order valence-electron chi connectivity index (χ1n) is 5.60. The van der Waals surface area contributed by atoms with E-state index in [1.807, 2.05) is 6.92 Å². The molecular formula is C13H21ClN2O2. The van der Waals surface area contributed by atoms with E-state index in [9.17, 15) is 9.90 Å². The second kappa shape index (κ2) is 6.07. The van der Waals surface area contributed by atoms with E-state index in [0.717, 1.165) is 5.56 Å². The molecule has 1 amide bonds. The highest BCUT2D eigenvalue weighted by molar-refractivity contribution is 5.96. The molecule has 4 nitrogen and oxygen atoms in total. The Balaban J connectivity index is 0.00000289. The number of carbonyl (C=O) groups excluding carboxylic acids is 1. The Morgan fingerprint density at radius 1 is 1.39 bits per heavy atom. The molecule has 0 bridgehead atoms. The summed E-state index contributed by atoms with van der Waals surface area (Å²) in [6.45, 7) is 7.43. The van der Waals surface area contributed by atoms with Crippen LogP contribution in [0.4, 0.5) is 5.69 Å². The highest BCUT2D eigenvalue weighted by Gasteiger charge is 2.26. The number of halogens is 1. The maximum Gasteiger partial charge on any atom is 0.231 e. The van der Waals surface area contributed by atoms with E-state index < -0.39 is 5.41 Å². The molecular weight excluding hydrogens is 252 g/mol. The predicted molar refractivity (Wildman–Crippen MR) is 76.3 cm³/mol. The van der Waals surface area contributed by atoms with Crippen molar-refractivity contribution in [3.63, 3.8) is 0 Å². The average molecular weight is 273 g/mol. The van der Waals surface area contributed by atoms with Crippen molar-refractivity contribution >= 4 is 24.0 Å². The number of anilines is 1. The van der Waals surface area contributed by atoms with E-state index in [-0.39, 0.29) is 30.6 Å². The number of rotatable bonds is 3. The summed E-state index contributed by atoms with van der Waals surface area (Å²) < 4.78 is 0. The third-order valence-electron chi connectivity index (χ3n) is 3.01. The summed E-state index contributed by atoms with van der Waals surface area (Å²) in [6, 6.07) is 3.56. The van der Waals surface area contributed by atoms with Gasteiger partial charge in [0.1, 0.15) is 5.75 Å². The molecule has 0 spiro atoms. The predicted octanol–water partition coefficient (Wildman–Crippen LogP) is 2.35. The van der Waals surface area contributed by atoms with Crippen molar-refractivity contribution in [1.82, 2.24) is 0 Å². The summed E-state index contributed by atoms with van der Waals surface area (Å²) in [5, 5.41) is 12.6. The zero-order valence-corrected chi connectivity index (χ0v) is 12.0. The van der Waals surface area contributed by atoms with Crippen molar-refractivity contribution in [1.29, 1.82) is 0 Å². The van der Waals surface area contributed by atoms with E-state index in [1.165, 1.54) is 0 Å².